The van der Waals surface area contributed by atoms with Crippen LogP contribution in [-0.2, 0) is 14.8 Å². The number of sulfonamides is 1. The molecule has 1 saturated carbocycles. The number of carbonyl (C=O) groups is 1. The van der Waals surface area contributed by atoms with E-state index in [4.69, 9.17) is 0 Å². The standard InChI is InChI=1S/C12H22F2N2O3S/c1-3-15-11(17)9(2)16-20(18,19)8-10-5-4-6-12(13,14)7-10/h9-10,16H,3-8H2,1-2H3,(H,15,17)/t9-,10-/m0/s1. The molecule has 2 N–H and O–H groups in total. The van der Waals surface area contributed by atoms with Crippen LogP contribution >= 0.6 is 0 Å². The summed E-state index contributed by atoms with van der Waals surface area (Å²) in [6.07, 6.45) is 0.237. The van der Waals surface area contributed by atoms with E-state index < -0.39 is 40.2 Å². The number of nitrogens with one attached hydrogen (secondary N) is 2. The maximum absolute atomic E-state index is 13.2. The van der Waals surface area contributed by atoms with Crippen molar-refractivity contribution >= 4 is 15.9 Å². The van der Waals surface area contributed by atoms with Gasteiger partial charge in [0.15, 0.2) is 0 Å². The summed E-state index contributed by atoms with van der Waals surface area (Å²) in [7, 11) is -3.74. The SMILES string of the molecule is CCNC(=O)[C@H](C)NS(=O)(=O)C[C@H]1CCCC(F)(F)C1. The van der Waals surface area contributed by atoms with Crippen molar-refractivity contribution in [1.29, 1.82) is 0 Å². The molecule has 1 fully saturated rings. The van der Waals surface area contributed by atoms with Crippen LogP contribution in [0, 0.1) is 5.92 Å². The van der Waals surface area contributed by atoms with Gasteiger partial charge in [-0.1, -0.05) is 0 Å². The van der Waals surface area contributed by atoms with Crippen LogP contribution in [0.1, 0.15) is 39.5 Å². The minimum Gasteiger partial charge on any atom is -0.355 e. The first kappa shape index (κ1) is 17.3. The van der Waals surface area contributed by atoms with Gasteiger partial charge in [-0.05, 0) is 32.6 Å². The molecule has 0 aromatic carbocycles. The maximum atomic E-state index is 13.2. The van der Waals surface area contributed by atoms with Crippen molar-refractivity contribution < 1.29 is 22.0 Å². The third-order valence-corrected chi connectivity index (χ3v) is 4.92. The molecule has 2 atom stereocenters. The highest BCUT2D eigenvalue weighted by Crippen LogP contribution is 2.37. The van der Waals surface area contributed by atoms with Gasteiger partial charge in [0.05, 0.1) is 11.8 Å². The Morgan fingerprint density at radius 3 is 2.65 bits per heavy atom. The third-order valence-electron chi connectivity index (χ3n) is 3.30. The second-order valence-corrected chi connectivity index (χ2v) is 7.13. The van der Waals surface area contributed by atoms with E-state index >= 15 is 0 Å². The monoisotopic (exact) mass is 312 g/mol. The van der Waals surface area contributed by atoms with Gasteiger partial charge in [0.1, 0.15) is 0 Å². The number of halogens is 2. The predicted molar refractivity (Wildman–Crippen MR) is 72.0 cm³/mol. The Labute approximate surface area is 118 Å². The molecule has 1 amide bonds. The Kier molecular flexibility index (Phi) is 5.88. The highest BCUT2D eigenvalue weighted by Gasteiger charge is 2.38. The number of hydrogen-bond acceptors (Lipinski definition) is 3. The van der Waals surface area contributed by atoms with Gasteiger partial charge in [0, 0.05) is 19.4 Å². The van der Waals surface area contributed by atoms with Crippen LogP contribution in [0.3, 0.4) is 0 Å². The zero-order valence-electron chi connectivity index (χ0n) is 11.8. The molecule has 0 aromatic heterocycles. The quantitative estimate of drug-likeness (QED) is 0.775. The molecular formula is C12H22F2N2O3S. The Morgan fingerprint density at radius 2 is 2.10 bits per heavy atom. The lowest BCUT2D eigenvalue weighted by Gasteiger charge is -2.28. The zero-order chi connectivity index (χ0) is 15.4. The van der Waals surface area contributed by atoms with Crippen LogP contribution in [0.4, 0.5) is 8.78 Å². The van der Waals surface area contributed by atoms with Gasteiger partial charge in [0.2, 0.25) is 21.9 Å². The number of alkyl halides is 2. The first-order chi connectivity index (χ1) is 9.15. The van der Waals surface area contributed by atoms with Crippen LogP contribution in [0.15, 0.2) is 0 Å². The minimum absolute atomic E-state index is 0.174. The van der Waals surface area contributed by atoms with Crippen molar-refractivity contribution in [2.75, 3.05) is 12.3 Å². The summed E-state index contributed by atoms with van der Waals surface area (Å²) in [5, 5.41) is 2.50. The normalized spacial score (nSPS) is 24.1. The molecule has 5 nitrogen and oxygen atoms in total. The van der Waals surface area contributed by atoms with Gasteiger partial charge in [-0.15, -0.1) is 0 Å². The number of carbonyl (C=O) groups excluding carboxylic acids is 1. The lowest BCUT2D eigenvalue weighted by Crippen LogP contribution is -2.46. The summed E-state index contributed by atoms with van der Waals surface area (Å²) in [6, 6.07) is -0.899. The van der Waals surface area contributed by atoms with Gasteiger partial charge in [-0.25, -0.2) is 21.9 Å². The topological polar surface area (TPSA) is 75.3 Å². The van der Waals surface area contributed by atoms with Gasteiger partial charge in [-0.3, -0.25) is 4.79 Å². The van der Waals surface area contributed by atoms with Crippen molar-refractivity contribution in [1.82, 2.24) is 10.0 Å². The van der Waals surface area contributed by atoms with Crippen LogP contribution < -0.4 is 10.0 Å². The summed E-state index contributed by atoms with van der Waals surface area (Å²) >= 11 is 0. The first-order valence-corrected chi connectivity index (χ1v) is 8.46. The van der Waals surface area contributed by atoms with Gasteiger partial charge >= 0.3 is 0 Å². The third kappa shape index (κ3) is 5.70. The molecule has 0 radical (unpaired) electrons. The van der Waals surface area contributed by atoms with Crippen molar-refractivity contribution in [3.8, 4) is 0 Å². The van der Waals surface area contributed by atoms with E-state index in [9.17, 15) is 22.0 Å². The minimum atomic E-state index is -3.74. The Hall–Kier alpha value is -0.760. The van der Waals surface area contributed by atoms with Crippen molar-refractivity contribution in [2.24, 2.45) is 5.92 Å². The van der Waals surface area contributed by atoms with E-state index in [0.29, 0.717) is 19.4 Å². The Bertz CT molecular complexity index is 440. The van der Waals surface area contributed by atoms with Gasteiger partial charge in [-0.2, -0.15) is 0 Å². The van der Waals surface area contributed by atoms with Gasteiger partial charge < -0.3 is 5.32 Å². The molecule has 0 aliphatic heterocycles. The van der Waals surface area contributed by atoms with Crippen molar-refractivity contribution in [2.45, 2.75) is 51.5 Å². The summed E-state index contributed by atoms with van der Waals surface area (Å²) in [4.78, 5) is 11.5. The highest BCUT2D eigenvalue weighted by atomic mass is 32.2. The predicted octanol–water partition coefficient (Wildman–Crippen LogP) is 1.26. The largest absolute Gasteiger partial charge is 0.355 e. The molecule has 0 saturated heterocycles. The highest BCUT2D eigenvalue weighted by molar-refractivity contribution is 7.89. The summed E-state index contributed by atoms with van der Waals surface area (Å²) < 4.78 is 52.5. The molecule has 0 bridgehead atoms. The first-order valence-electron chi connectivity index (χ1n) is 6.81. The Balaban J connectivity index is 2.55. The molecule has 0 spiro atoms. The molecule has 0 heterocycles. The Morgan fingerprint density at radius 1 is 1.45 bits per heavy atom. The van der Waals surface area contributed by atoms with E-state index in [0.717, 1.165) is 0 Å². The lowest BCUT2D eigenvalue weighted by atomic mass is 9.88. The average Bonchev–Trinajstić information content (AvgIpc) is 2.26. The number of likely N-dealkylation sites (N-methyl/N-ethyl adjacent to an activating group) is 1. The van der Waals surface area contributed by atoms with Crippen LogP contribution in [0.2, 0.25) is 0 Å². The molecular weight excluding hydrogens is 290 g/mol. The lowest BCUT2D eigenvalue weighted by molar-refractivity contribution is -0.122. The summed E-state index contributed by atoms with van der Waals surface area (Å²) in [6.45, 7) is 3.56. The van der Waals surface area contributed by atoms with Gasteiger partial charge in [0.25, 0.3) is 0 Å². The summed E-state index contributed by atoms with van der Waals surface area (Å²) in [5.74, 6) is -4.11. The molecule has 1 aliphatic carbocycles. The van der Waals surface area contributed by atoms with E-state index in [1.807, 2.05) is 0 Å². The van der Waals surface area contributed by atoms with Crippen LogP contribution in [0.5, 0.6) is 0 Å². The molecule has 1 aliphatic rings. The fourth-order valence-electron chi connectivity index (χ4n) is 2.43. The molecule has 0 unspecified atom stereocenters. The number of rotatable bonds is 6. The number of hydrogen-bond donors (Lipinski definition) is 2. The van der Waals surface area contributed by atoms with Crippen LogP contribution in [-0.4, -0.2) is 38.6 Å². The molecule has 8 heteroatoms. The fraction of sp³-hybridized carbons (Fsp3) is 0.917. The second-order valence-electron chi connectivity index (χ2n) is 5.33. The second kappa shape index (κ2) is 6.80. The van der Waals surface area contributed by atoms with Crippen LogP contribution in [0.25, 0.3) is 0 Å². The average molecular weight is 312 g/mol. The molecule has 20 heavy (non-hydrogen) atoms. The molecule has 0 aromatic rings. The fourth-order valence-corrected chi connectivity index (χ4v) is 4.07. The maximum Gasteiger partial charge on any atom is 0.248 e. The van der Waals surface area contributed by atoms with Crippen molar-refractivity contribution in [3.05, 3.63) is 0 Å². The van der Waals surface area contributed by atoms with Crippen molar-refractivity contribution in [3.63, 3.8) is 0 Å². The smallest absolute Gasteiger partial charge is 0.248 e. The zero-order valence-corrected chi connectivity index (χ0v) is 12.6. The molecule has 118 valence electrons. The van der Waals surface area contributed by atoms with E-state index in [1.54, 1.807) is 6.92 Å². The van der Waals surface area contributed by atoms with E-state index in [-0.39, 0.29) is 12.2 Å². The molecule has 1 rings (SSSR count). The summed E-state index contributed by atoms with van der Waals surface area (Å²) in [5.41, 5.74) is 0. The number of amides is 1. The van der Waals surface area contributed by atoms with E-state index in [1.165, 1.54) is 6.92 Å². The van der Waals surface area contributed by atoms with E-state index in [2.05, 4.69) is 10.0 Å².